The van der Waals surface area contributed by atoms with Crippen molar-refractivity contribution in [3.05, 3.63) is 0 Å². The maximum atomic E-state index is 12.2. The van der Waals surface area contributed by atoms with Crippen LogP contribution in [0, 0.1) is 0 Å². The van der Waals surface area contributed by atoms with Gasteiger partial charge in [-0.05, 0) is 31.6 Å². The monoisotopic (exact) mass is 264 g/mol. The summed E-state index contributed by atoms with van der Waals surface area (Å²) in [5, 5.41) is 3.25. The summed E-state index contributed by atoms with van der Waals surface area (Å²) in [4.78, 5) is 0. The average Bonchev–Trinajstić information content (AvgIpc) is 2.86. The van der Waals surface area contributed by atoms with E-state index in [0.29, 0.717) is 0 Å². The van der Waals surface area contributed by atoms with Crippen LogP contribution in [0.15, 0.2) is 0 Å². The molecular weight excluding hydrogens is 244 g/mol. The quantitative estimate of drug-likeness (QED) is 0.803. The summed E-state index contributed by atoms with van der Waals surface area (Å²) >= 11 is 1.85. The van der Waals surface area contributed by atoms with E-state index in [-0.39, 0.29) is 17.8 Å². The van der Waals surface area contributed by atoms with Crippen LogP contribution >= 0.6 is 11.8 Å². The van der Waals surface area contributed by atoms with Gasteiger partial charge in [-0.25, -0.2) is 12.7 Å². The van der Waals surface area contributed by atoms with E-state index >= 15 is 0 Å². The van der Waals surface area contributed by atoms with Gasteiger partial charge >= 0.3 is 0 Å². The predicted octanol–water partition coefficient (Wildman–Crippen LogP) is 0.505. The zero-order chi connectivity index (χ0) is 11.6. The predicted molar refractivity (Wildman–Crippen MR) is 68.3 cm³/mol. The first kappa shape index (κ1) is 12.7. The zero-order valence-electron chi connectivity index (χ0n) is 9.68. The van der Waals surface area contributed by atoms with Crippen LogP contribution in [0.5, 0.6) is 0 Å². The molecule has 2 aliphatic rings. The number of rotatable bonds is 4. The Morgan fingerprint density at radius 1 is 1.44 bits per heavy atom. The average molecular weight is 264 g/mol. The van der Waals surface area contributed by atoms with Crippen molar-refractivity contribution in [1.82, 2.24) is 9.62 Å². The first-order valence-electron chi connectivity index (χ1n) is 5.86. The second-order valence-corrected chi connectivity index (χ2v) is 7.83. The van der Waals surface area contributed by atoms with Gasteiger partial charge in [-0.3, -0.25) is 0 Å². The summed E-state index contributed by atoms with van der Waals surface area (Å²) in [6, 6.07) is 0.387. The molecule has 0 aliphatic carbocycles. The van der Waals surface area contributed by atoms with Crippen molar-refractivity contribution in [3.63, 3.8) is 0 Å². The van der Waals surface area contributed by atoms with Gasteiger partial charge in [0.1, 0.15) is 0 Å². The number of sulfonamides is 1. The largest absolute Gasteiger partial charge is 0.313 e. The molecule has 0 saturated carbocycles. The van der Waals surface area contributed by atoms with Crippen LogP contribution in [-0.4, -0.2) is 55.7 Å². The van der Waals surface area contributed by atoms with E-state index in [9.17, 15) is 8.42 Å². The molecule has 6 heteroatoms. The summed E-state index contributed by atoms with van der Waals surface area (Å²) in [5.74, 6) is 2.31. The molecule has 2 heterocycles. The fraction of sp³-hybridized carbons (Fsp3) is 1.00. The molecule has 94 valence electrons. The van der Waals surface area contributed by atoms with E-state index in [4.69, 9.17) is 0 Å². The molecule has 0 bridgehead atoms. The van der Waals surface area contributed by atoms with Gasteiger partial charge in [0, 0.05) is 24.9 Å². The summed E-state index contributed by atoms with van der Waals surface area (Å²) < 4.78 is 25.9. The van der Waals surface area contributed by atoms with Crippen molar-refractivity contribution >= 4 is 21.8 Å². The summed E-state index contributed by atoms with van der Waals surface area (Å²) in [7, 11) is -1.33. The Hall–Kier alpha value is 0.220. The highest BCUT2D eigenvalue weighted by atomic mass is 32.2. The molecule has 2 saturated heterocycles. The fourth-order valence-electron chi connectivity index (χ4n) is 2.31. The number of nitrogens with one attached hydrogen (secondary N) is 1. The van der Waals surface area contributed by atoms with Crippen LogP contribution in [0.1, 0.15) is 19.3 Å². The zero-order valence-corrected chi connectivity index (χ0v) is 11.3. The van der Waals surface area contributed by atoms with Gasteiger partial charge in [0.15, 0.2) is 0 Å². The lowest BCUT2D eigenvalue weighted by molar-refractivity contribution is 0.391. The van der Waals surface area contributed by atoms with Gasteiger partial charge in [-0.2, -0.15) is 11.8 Å². The summed E-state index contributed by atoms with van der Waals surface area (Å²) in [5.41, 5.74) is 0. The smallest absolute Gasteiger partial charge is 0.215 e. The normalized spacial score (nSPS) is 31.4. The van der Waals surface area contributed by atoms with Crippen molar-refractivity contribution in [2.24, 2.45) is 0 Å². The highest BCUT2D eigenvalue weighted by molar-refractivity contribution is 7.99. The molecule has 0 amide bonds. The van der Waals surface area contributed by atoms with Gasteiger partial charge < -0.3 is 5.32 Å². The Labute approximate surface area is 102 Å². The first-order valence-corrected chi connectivity index (χ1v) is 8.63. The number of thioether (sulfide) groups is 1. The van der Waals surface area contributed by atoms with Crippen molar-refractivity contribution < 1.29 is 8.42 Å². The van der Waals surface area contributed by atoms with Crippen LogP contribution in [-0.2, 0) is 10.0 Å². The Balaban J connectivity index is 1.94. The molecule has 2 unspecified atom stereocenters. The Bertz CT molecular complexity index is 320. The van der Waals surface area contributed by atoms with Gasteiger partial charge in [0.2, 0.25) is 10.0 Å². The lowest BCUT2D eigenvalue weighted by atomic mass is 10.3. The lowest BCUT2D eigenvalue weighted by Crippen LogP contribution is -2.42. The second-order valence-electron chi connectivity index (χ2n) is 4.61. The van der Waals surface area contributed by atoms with Gasteiger partial charge in [0.25, 0.3) is 0 Å². The van der Waals surface area contributed by atoms with E-state index in [2.05, 4.69) is 5.32 Å². The van der Waals surface area contributed by atoms with E-state index in [1.54, 1.807) is 11.4 Å². The molecule has 2 aliphatic heterocycles. The molecule has 4 nitrogen and oxygen atoms in total. The molecule has 0 aromatic heterocycles. The molecule has 0 spiro atoms. The van der Waals surface area contributed by atoms with Gasteiger partial charge in [0.05, 0.1) is 5.75 Å². The number of hydrogen-bond acceptors (Lipinski definition) is 4. The minimum absolute atomic E-state index is 0.168. The van der Waals surface area contributed by atoms with E-state index < -0.39 is 10.0 Å². The molecular formula is C10H20N2O2S2. The SMILES string of the molecule is CN(C1CCSC1)S(=O)(=O)CC1CCCN1. The molecule has 0 aromatic rings. The first-order chi connectivity index (χ1) is 7.59. The van der Waals surface area contributed by atoms with E-state index in [1.165, 1.54) is 0 Å². The molecule has 16 heavy (non-hydrogen) atoms. The van der Waals surface area contributed by atoms with Crippen LogP contribution in [0.4, 0.5) is 0 Å². The third-order valence-corrected chi connectivity index (χ3v) is 6.58. The number of nitrogens with zero attached hydrogens (tertiary/aromatic N) is 1. The van der Waals surface area contributed by atoms with Crippen LogP contribution < -0.4 is 5.32 Å². The maximum absolute atomic E-state index is 12.2. The lowest BCUT2D eigenvalue weighted by Gasteiger charge is -2.24. The van der Waals surface area contributed by atoms with Gasteiger partial charge in [-0.15, -0.1) is 0 Å². The molecule has 0 aromatic carbocycles. The third-order valence-electron chi connectivity index (χ3n) is 3.43. The molecule has 2 rings (SSSR count). The maximum Gasteiger partial charge on any atom is 0.215 e. The van der Waals surface area contributed by atoms with Crippen molar-refractivity contribution in [1.29, 1.82) is 0 Å². The third kappa shape index (κ3) is 2.91. The van der Waals surface area contributed by atoms with Crippen LogP contribution in [0.3, 0.4) is 0 Å². The molecule has 0 radical (unpaired) electrons. The Morgan fingerprint density at radius 3 is 2.81 bits per heavy atom. The van der Waals surface area contributed by atoms with Crippen molar-refractivity contribution in [3.8, 4) is 0 Å². The fourth-order valence-corrected chi connectivity index (χ4v) is 5.33. The second kappa shape index (κ2) is 5.25. The minimum Gasteiger partial charge on any atom is -0.313 e. The van der Waals surface area contributed by atoms with Crippen LogP contribution in [0.25, 0.3) is 0 Å². The van der Waals surface area contributed by atoms with Crippen molar-refractivity contribution in [2.75, 3.05) is 30.9 Å². The molecule has 2 fully saturated rings. The molecule has 2 atom stereocenters. The van der Waals surface area contributed by atoms with Gasteiger partial charge in [-0.1, -0.05) is 0 Å². The topological polar surface area (TPSA) is 49.4 Å². The summed E-state index contributed by atoms with van der Waals surface area (Å²) in [6.45, 7) is 0.961. The van der Waals surface area contributed by atoms with E-state index in [1.807, 2.05) is 11.8 Å². The van der Waals surface area contributed by atoms with Crippen LogP contribution in [0.2, 0.25) is 0 Å². The number of hydrogen-bond donors (Lipinski definition) is 1. The highest BCUT2D eigenvalue weighted by Crippen LogP contribution is 2.24. The Morgan fingerprint density at radius 2 is 2.25 bits per heavy atom. The standard InChI is InChI=1S/C10H20N2O2S2/c1-12(10-4-6-15-7-10)16(13,14)8-9-3-2-5-11-9/h9-11H,2-8H2,1H3. The Kier molecular flexibility index (Phi) is 4.15. The van der Waals surface area contributed by atoms with Crippen molar-refractivity contribution in [2.45, 2.75) is 31.3 Å². The minimum atomic E-state index is -3.07. The van der Waals surface area contributed by atoms with E-state index in [0.717, 1.165) is 37.3 Å². The molecule has 1 N–H and O–H groups in total. The summed E-state index contributed by atoms with van der Waals surface area (Å²) in [6.07, 6.45) is 3.09. The highest BCUT2D eigenvalue weighted by Gasteiger charge is 2.31.